The molecule has 1 aromatic heterocycles. The van der Waals surface area contributed by atoms with Gasteiger partial charge in [0.1, 0.15) is 10.6 Å². The van der Waals surface area contributed by atoms with Crippen LogP contribution < -0.4 is 10.1 Å². The minimum Gasteiger partial charge on any atom is -0.497 e. The molecule has 0 bridgehead atoms. The average Bonchev–Trinajstić information content (AvgIpc) is 3.40. The number of likely N-dealkylation sites (tertiary alicyclic amines) is 1. The summed E-state index contributed by atoms with van der Waals surface area (Å²) in [5.74, 6) is 0.641. The first kappa shape index (κ1) is 23.7. The lowest BCUT2D eigenvalue weighted by molar-refractivity contribution is -0.126. The Labute approximate surface area is 196 Å². The third kappa shape index (κ3) is 5.54. The van der Waals surface area contributed by atoms with E-state index in [-0.39, 0.29) is 22.8 Å². The highest BCUT2D eigenvalue weighted by Gasteiger charge is 2.33. The molecule has 2 aliphatic rings. The number of nitrogens with one attached hydrogen (secondary N) is 1. The van der Waals surface area contributed by atoms with Gasteiger partial charge in [0.25, 0.3) is 0 Å². The maximum atomic E-state index is 12.9. The molecular formula is C24H32N4O4S. The van der Waals surface area contributed by atoms with E-state index >= 15 is 0 Å². The van der Waals surface area contributed by atoms with Crippen LogP contribution in [-0.2, 0) is 14.8 Å². The Morgan fingerprint density at radius 3 is 2.42 bits per heavy atom. The molecule has 1 N–H and O–H groups in total. The van der Waals surface area contributed by atoms with Gasteiger partial charge in [-0.2, -0.15) is 4.31 Å². The summed E-state index contributed by atoms with van der Waals surface area (Å²) < 4.78 is 32.3. The zero-order valence-corrected chi connectivity index (χ0v) is 19.8. The van der Waals surface area contributed by atoms with Gasteiger partial charge in [-0.25, -0.2) is 8.42 Å². The third-order valence-corrected chi connectivity index (χ3v) is 8.53. The Morgan fingerprint density at radius 2 is 1.82 bits per heavy atom. The molecule has 2 saturated heterocycles. The van der Waals surface area contributed by atoms with Gasteiger partial charge in [0.15, 0.2) is 0 Å². The van der Waals surface area contributed by atoms with Crippen molar-refractivity contribution in [3.8, 4) is 5.75 Å². The Hall–Kier alpha value is -2.49. The molecule has 1 aromatic carbocycles. The Kier molecular flexibility index (Phi) is 7.62. The number of rotatable bonds is 8. The number of aromatic nitrogens is 1. The molecule has 0 radical (unpaired) electrons. The number of hydrogen-bond acceptors (Lipinski definition) is 6. The van der Waals surface area contributed by atoms with Crippen molar-refractivity contribution in [2.24, 2.45) is 5.92 Å². The summed E-state index contributed by atoms with van der Waals surface area (Å²) in [5, 5.41) is 3.15. The Bertz CT molecular complexity index is 1020. The molecule has 3 heterocycles. The number of carbonyl (C=O) groups excluding carboxylic acids is 1. The molecule has 4 rings (SSSR count). The quantitative estimate of drug-likeness (QED) is 0.635. The normalized spacial score (nSPS) is 19.3. The van der Waals surface area contributed by atoms with E-state index in [1.54, 1.807) is 25.4 Å². The minimum atomic E-state index is -3.57. The molecule has 1 atom stereocenters. The first-order valence-corrected chi connectivity index (χ1v) is 13.0. The standard InChI is InChI=1S/C24H32N4O4S/c1-32-21-8-6-19(7-9-21)23(27-13-2-3-14-27)18-26-24(29)20-10-15-28(16-11-20)33(30,31)22-5-4-12-25-17-22/h4-9,12,17,20,23H,2-3,10-11,13-16,18H2,1H3,(H,26,29). The summed E-state index contributed by atoms with van der Waals surface area (Å²) >= 11 is 0. The number of methoxy groups -OCH3 is 1. The van der Waals surface area contributed by atoms with Gasteiger partial charge in [-0.05, 0) is 68.6 Å². The van der Waals surface area contributed by atoms with E-state index < -0.39 is 10.0 Å². The fourth-order valence-electron chi connectivity index (χ4n) is 4.69. The smallest absolute Gasteiger partial charge is 0.244 e. The fourth-order valence-corrected chi connectivity index (χ4v) is 6.12. The topological polar surface area (TPSA) is 91.8 Å². The fraction of sp³-hybridized carbons (Fsp3) is 0.500. The lowest BCUT2D eigenvalue weighted by Gasteiger charge is -2.32. The molecule has 2 fully saturated rings. The summed E-state index contributed by atoms with van der Waals surface area (Å²) in [7, 11) is -1.91. The molecule has 0 saturated carbocycles. The molecular weight excluding hydrogens is 440 g/mol. The predicted octanol–water partition coefficient (Wildman–Crippen LogP) is 2.44. The monoisotopic (exact) mass is 472 g/mol. The van der Waals surface area contributed by atoms with Crippen LogP contribution >= 0.6 is 0 Å². The highest BCUT2D eigenvalue weighted by atomic mass is 32.2. The molecule has 2 aromatic rings. The van der Waals surface area contributed by atoms with Gasteiger partial charge >= 0.3 is 0 Å². The van der Waals surface area contributed by atoms with Crippen LogP contribution in [0, 0.1) is 5.92 Å². The van der Waals surface area contributed by atoms with Gasteiger partial charge in [-0.3, -0.25) is 14.7 Å². The molecule has 178 valence electrons. The second-order valence-corrected chi connectivity index (χ2v) is 10.6. The molecule has 1 unspecified atom stereocenters. The molecule has 0 spiro atoms. The van der Waals surface area contributed by atoms with Gasteiger partial charge in [0, 0.05) is 37.9 Å². The number of nitrogens with zero attached hydrogens (tertiary/aromatic N) is 3. The Balaban J connectivity index is 1.34. The number of pyridine rings is 1. The van der Waals surface area contributed by atoms with E-state index in [4.69, 9.17) is 4.74 Å². The largest absolute Gasteiger partial charge is 0.497 e. The second-order valence-electron chi connectivity index (χ2n) is 8.64. The number of piperidine rings is 1. The van der Waals surface area contributed by atoms with Gasteiger partial charge in [-0.1, -0.05) is 12.1 Å². The van der Waals surface area contributed by atoms with Crippen LogP contribution in [0.2, 0.25) is 0 Å². The van der Waals surface area contributed by atoms with Gasteiger partial charge in [0.05, 0.1) is 13.2 Å². The number of amides is 1. The van der Waals surface area contributed by atoms with Crippen LogP contribution in [0.15, 0.2) is 53.7 Å². The van der Waals surface area contributed by atoms with E-state index in [1.807, 2.05) is 12.1 Å². The highest BCUT2D eigenvalue weighted by Crippen LogP contribution is 2.27. The van der Waals surface area contributed by atoms with E-state index in [0.717, 1.165) is 24.4 Å². The molecule has 0 aliphatic carbocycles. The van der Waals surface area contributed by atoms with Gasteiger partial charge in [0.2, 0.25) is 15.9 Å². The van der Waals surface area contributed by atoms with Crippen molar-refractivity contribution in [1.82, 2.24) is 19.5 Å². The number of ether oxygens (including phenoxy) is 1. The van der Waals surface area contributed by atoms with Crippen LogP contribution in [0.25, 0.3) is 0 Å². The van der Waals surface area contributed by atoms with E-state index in [2.05, 4.69) is 27.3 Å². The van der Waals surface area contributed by atoms with Crippen LogP contribution in [0.3, 0.4) is 0 Å². The lowest BCUT2D eigenvalue weighted by Crippen LogP contribution is -2.44. The van der Waals surface area contributed by atoms with E-state index in [0.29, 0.717) is 32.5 Å². The third-order valence-electron chi connectivity index (χ3n) is 6.65. The van der Waals surface area contributed by atoms with Crippen molar-refractivity contribution in [2.75, 3.05) is 39.8 Å². The van der Waals surface area contributed by atoms with Gasteiger partial charge < -0.3 is 10.1 Å². The van der Waals surface area contributed by atoms with E-state index in [9.17, 15) is 13.2 Å². The van der Waals surface area contributed by atoms with Crippen molar-refractivity contribution in [2.45, 2.75) is 36.6 Å². The van der Waals surface area contributed by atoms with Crippen LogP contribution in [0.1, 0.15) is 37.3 Å². The minimum absolute atomic E-state index is 0.00568. The average molecular weight is 473 g/mol. The van der Waals surface area contributed by atoms with Gasteiger partial charge in [-0.15, -0.1) is 0 Å². The van der Waals surface area contributed by atoms with Crippen LogP contribution in [0.4, 0.5) is 0 Å². The first-order chi connectivity index (χ1) is 16.0. The first-order valence-electron chi connectivity index (χ1n) is 11.5. The predicted molar refractivity (Wildman–Crippen MR) is 125 cm³/mol. The number of sulfonamides is 1. The number of carbonyl (C=O) groups is 1. The summed E-state index contributed by atoms with van der Waals surface area (Å²) in [6.45, 7) is 3.26. The van der Waals surface area contributed by atoms with Crippen molar-refractivity contribution in [3.05, 3.63) is 54.4 Å². The second kappa shape index (κ2) is 10.6. The molecule has 33 heavy (non-hydrogen) atoms. The van der Waals surface area contributed by atoms with Crippen molar-refractivity contribution >= 4 is 15.9 Å². The lowest BCUT2D eigenvalue weighted by atomic mass is 9.97. The number of hydrogen-bond donors (Lipinski definition) is 1. The Morgan fingerprint density at radius 1 is 1.12 bits per heavy atom. The molecule has 1 amide bonds. The maximum absolute atomic E-state index is 12.9. The zero-order chi connectivity index (χ0) is 23.3. The van der Waals surface area contributed by atoms with Crippen LogP contribution in [-0.4, -0.2) is 68.3 Å². The molecule has 9 heteroatoms. The van der Waals surface area contributed by atoms with Crippen LogP contribution in [0.5, 0.6) is 5.75 Å². The van der Waals surface area contributed by atoms with Crippen molar-refractivity contribution in [3.63, 3.8) is 0 Å². The maximum Gasteiger partial charge on any atom is 0.244 e. The highest BCUT2D eigenvalue weighted by molar-refractivity contribution is 7.89. The molecule has 2 aliphatic heterocycles. The van der Waals surface area contributed by atoms with Crippen molar-refractivity contribution in [1.29, 1.82) is 0 Å². The van der Waals surface area contributed by atoms with E-state index in [1.165, 1.54) is 23.3 Å². The SMILES string of the molecule is COc1ccc(C(CNC(=O)C2CCN(S(=O)(=O)c3cccnc3)CC2)N2CCCC2)cc1. The number of benzene rings is 1. The summed E-state index contributed by atoms with van der Waals surface area (Å²) in [6, 6.07) is 11.3. The summed E-state index contributed by atoms with van der Waals surface area (Å²) in [6.07, 6.45) is 6.29. The molecule has 8 nitrogen and oxygen atoms in total. The van der Waals surface area contributed by atoms with Crippen molar-refractivity contribution < 1.29 is 17.9 Å². The zero-order valence-electron chi connectivity index (χ0n) is 19.0. The summed E-state index contributed by atoms with van der Waals surface area (Å²) in [5.41, 5.74) is 1.16. The summed E-state index contributed by atoms with van der Waals surface area (Å²) in [4.78, 5) is 19.5.